The highest BCUT2D eigenvalue weighted by Gasteiger charge is 2.33. The third-order valence-corrected chi connectivity index (χ3v) is 4.94. The van der Waals surface area contributed by atoms with Crippen LogP contribution < -0.4 is 15.5 Å². The van der Waals surface area contributed by atoms with Crippen LogP contribution in [0.15, 0.2) is 29.3 Å². The average molecular weight is 314 g/mol. The Morgan fingerprint density at radius 3 is 2.74 bits per heavy atom. The molecule has 23 heavy (non-hydrogen) atoms. The Hall–Kier alpha value is -1.71. The number of hydrogen-bond acceptors (Lipinski definition) is 2. The molecular formula is C19H30N4. The summed E-state index contributed by atoms with van der Waals surface area (Å²) in [6.45, 7) is 9.76. The standard InChI is InChI=1S/C19H30N4/c1-4-20-19(22-18-12-14(18)2)21-15(3)16-8-7-9-17(13-16)23-10-5-6-11-23/h7-9,13-15,18H,4-6,10-12H2,1-3H3,(H2,20,21,22). The molecule has 0 amide bonds. The number of benzene rings is 1. The second-order valence-corrected chi connectivity index (χ2v) is 6.94. The van der Waals surface area contributed by atoms with Crippen molar-refractivity contribution in [2.75, 3.05) is 24.5 Å². The first-order valence-electron chi connectivity index (χ1n) is 9.09. The summed E-state index contributed by atoms with van der Waals surface area (Å²) in [6.07, 6.45) is 3.88. The number of nitrogens with one attached hydrogen (secondary N) is 2. The molecule has 1 saturated carbocycles. The van der Waals surface area contributed by atoms with Crippen LogP contribution in [-0.4, -0.2) is 31.6 Å². The van der Waals surface area contributed by atoms with Crippen molar-refractivity contribution in [3.05, 3.63) is 29.8 Å². The Bertz CT molecular complexity index is 548. The molecule has 0 bridgehead atoms. The summed E-state index contributed by atoms with van der Waals surface area (Å²) in [7, 11) is 0. The summed E-state index contributed by atoms with van der Waals surface area (Å²) in [5.74, 6) is 1.72. The van der Waals surface area contributed by atoms with E-state index in [1.165, 1.54) is 43.6 Å². The van der Waals surface area contributed by atoms with E-state index >= 15 is 0 Å². The number of anilines is 1. The van der Waals surface area contributed by atoms with Gasteiger partial charge in [0.1, 0.15) is 0 Å². The summed E-state index contributed by atoms with van der Waals surface area (Å²) in [4.78, 5) is 7.08. The largest absolute Gasteiger partial charge is 0.372 e. The topological polar surface area (TPSA) is 39.7 Å². The van der Waals surface area contributed by atoms with Gasteiger partial charge in [-0.3, -0.25) is 4.99 Å². The lowest BCUT2D eigenvalue weighted by atomic mass is 10.1. The van der Waals surface area contributed by atoms with Gasteiger partial charge in [0.2, 0.25) is 0 Å². The molecule has 4 heteroatoms. The molecule has 126 valence electrons. The normalized spacial score (nSPS) is 25.3. The summed E-state index contributed by atoms with van der Waals surface area (Å²) >= 11 is 0. The van der Waals surface area contributed by atoms with Crippen molar-refractivity contribution in [3.8, 4) is 0 Å². The summed E-state index contributed by atoms with van der Waals surface area (Å²) in [6, 6.07) is 9.79. The van der Waals surface area contributed by atoms with Gasteiger partial charge in [-0.1, -0.05) is 19.1 Å². The van der Waals surface area contributed by atoms with Gasteiger partial charge in [-0.2, -0.15) is 0 Å². The van der Waals surface area contributed by atoms with E-state index in [1.807, 2.05) is 0 Å². The Morgan fingerprint density at radius 2 is 2.09 bits per heavy atom. The maximum atomic E-state index is 4.59. The van der Waals surface area contributed by atoms with Gasteiger partial charge in [0.25, 0.3) is 0 Å². The van der Waals surface area contributed by atoms with Crippen molar-refractivity contribution in [2.24, 2.45) is 10.9 Å². The third-order valence-electron chi connectivity index (χ3n) is 4.94. The predicted octanol–water partition coefficient (Wildman–Crippen LogP) is 3.31. The highest BCUT2D eigenvalue weighted by atomic mass is 15.2. The molecule has 0 spiro atoms. The van der Waals surface area contributed by atoms with Gasteiger partial charge in [-0.15, -0.1) is 0 Å². The van der Waals surface area contributed by atoms with E-state index in [0.29, 0.717) is 6.04 Å². The molecule has 4 nitrogen and oxygen atoms in total. The molecule has 2 aliphatic rings. The van der Waals surface area contributed by atoms with Gasteiger partial charge in [0.15, 0.2) is 5.96 Å². The highest BCUT2D eigenvalue weighted by Crippen LogP contribution is 2.29. The minimum atomic E-state index is 0.254. The van der Waals surface area contributed by atoms with Gasteiger partial charge >= 0.3 is 0 Å². The van der Waals surface area contributed by atoms with Crippen LogP contribution in [-0.2, 0) is 0 Å². The van der Waals surface area contributed by atoms with Crippen LogP contribution in [0.3, 0.4) is 0 Å². The molecule has 1 heterocycles. The summed E-state index contributed by atoms with van der Waals surface area (Å²) in [5.41, 5.74) is 2.68. The van der Waals surface area contributed by atoms with Gasteiger partial charge in [-0.25, -0.2) is 0 Å². The maximum absolute atomic E-state index is 4.59. The van der Waals surface area contributed by atoms with Crippen molar-refractivity contribution in [3.63, 3.8) is 0 Å². The number of guanidine groups is 1. The third kappa shape index (κ3) is 4.18. The second kappa shape index (κ2) is 7.24. The van der Waals surface area contributed by atoms with Gasteiger partial charge in [0, 0.05) is 31.4 Å². The predicted molar refractivity (Wildman–Crippen MR) is 98.1 cm³/mol. The van der Waals surface area contributed by atoms with E-state index in [2.05, 4.69) is 65.6 Å². The molecule has 1 aliphatic carbocycles. The van der Waals surface area contributed by atoms with E-state index in [0.717, 1.165) is 18.4 Å². The molecule has 2 N–H and O–H groups in total. The number of aliphatic imine (C=N–C) groups is 1. The Morgan fingerprint density at radius 1 is 1.35 bits per heavy atom. The Kier molecular flexibility index (Phi) is 5.09. The smallest absolute Gasteiger partial charge is 0.191 e. The van der Waals surface area contributed by atoms with Gasteiger partial charge < -0.3 is 15.5 Å². The molecule has 1 saturated heterocycles. The average Bonchev–Trinajstić information content (AvgIpc) is 3.04. The van der Waals surface area contributed by atoms with Crippen LogP contribution in [0.1, 0.15) is 51.6 Å². The molecule has 1 aromatic carbocycles. The fraction of sp³-hybridized carbons (Fsp3) is 0.632. The fourth-order valence-corrected chi connectivity index (χ4v) is 3.24. The lowest BCUT2D eigenvalue weighted by Gasteiger charge is -2.22. The van der Waals surface area contributed by atoms with Crippen LogP contribution in [0.2, 0.25) is 0 Å². The molecule has 3 unspecified atom stereocenters. The highest BCUT2D eigenvalue weighted by molar-refractivity contribution is 5.81. The number of hydrogen-bond donors (Lipinski definition) is 2. The van der Waals surface area contributed by atoms with Gasteiger partial charge in [-0.05, 0) is 56.7 Å². The zero-order chi connectivity index (χ0) is 16.2. The number of rotatable bonds is 5. The van der Waals surface area contributed by atoms with Crippen LogP contribution in [0, 0.1) is 5.92 Å². The lowest BCUT2D eigenvalue weighted by molar-refractivity contribution is 0.673. The van der Waals surface area contributed by atoms with Crippen molar-refractivity contribution < 1.29 is 0 Å². The minimum absolute atomic E-state index is 0.254. The lowest BCUT2D eigenvalue weighted by Crippen LogP contribution is -2.40. The van der Waals surface area contributed by atoms with Crippen LogP contribution in [0.5, 0.6) is 0 Å². The monoisotopic (exact) mass is 314 g/mol. The molecule has 1 aromatic rings. The van der Waals surface area contributed by atoms with Gasteiger partial charge in [0.05, 0.1) is 6.04 Å². The van der Waals surface area contributed by atoms with E-state index in [9.17, 15) is 0 Å². The van der Waals surface area contributed by atoms with Crippen LogP contribution in [0.25, 0.3) is 0 Å². The summed E-state index contributed by atoms with van der Waals surface area (Å²) in [5, 5.41) is 7.10. The van der Waals surface area contributed by atoms with E-state index in [1.54, 1.807) is 0 Å². The molecule has 1 aliphatic heterocycles. The minimum Gasteiger partial charge on any atom is -0.372 e. The van der Waals surface area contributed by atoms with E-state index in [-0.39, 0.29) is 6.04 Å². The Balaban J connectivity index is 1.65. The van der Waals surface area contributed by atoms with Crippen LogP contribution >= 0.6 is 0 Å². The van der Waals surface area contributed by atoms with Crippen LogP contribution in [0.4, 0.5) is 5.69 Å². The van der Waals surface area contributed by atoms with Crippen molar-refractivity contribution in [1.29, 1.82) is 0 Å². The fourth-order valence-electron chi connectivity index (χ4n) is 3.24. The Labute approximate surface area is 140 Å². The summed E-state index contributed by atoms with van der Waals surface area (Å²) < 4.78 is 0. The second-order valence-electron chi connectivity index (χ2n) is 6.94. The molecule has 3 atom stereocenters. The van der Waals surface area contributed by atoms with E-state index < -0.39 is 0 Å². The molecule has 2 fully saturated rings. The molecule has 0 aromatic heterocycles. The zero-order valence-corrected chi connectivity index (χ0v) is 14.7. The van der Waals surface area contributed by atoms with Crippen molar-refractivity contribution >= 4 is 11.6 Å². The van der Waals surface area contributed by atoms with Crippen molar-refractivity contribution in [2.45, 2.75) is 52.1 Å². The molecule has 0 radical (unpaired) electrons. The molecular weight excluding hydrogens is 284 g/mol. The maximum Gasteiger partial charge on any atom is 0.191 e. The zero-order valence-electron chi connectivity index (χ0n) is 14.7. The first-order valence-corrected chi connectivity index (χ1v) is 9.09. The van der Waals surface area contributed by atoms with Crippen molar-refractivity contribution in [1.82, 2.24) is 10.6 Å². The number of nitrogens with zero attached hydrogens (tertiary/aromatic N) is 2. The SMILES string of the molecule is CCN=C(NC(C)c1cccc(N2CCCC2)c1)NC1CC1C. The first-order chi connectivity index (χ1) is 11.2. The quantitative estimate of drug-likeness (QED) is 0.647. The van der Waals surface area contributed by atoms with E-state index in [4.69, 9.17) is 0 Å². The first kappa shape index (κ1) is 16.2. The molecule has 3 rings (SSSR count).